The lowest BCUT2D eigenvalue weighted by Crippen LogP contribution is -2.62. The summed E-state index contributed by atoms with van der Waals surface area (Å²) in [5, 5.41) is 3.56. The van der Waals surface area contributed by atoms with Gasteiger partial charge in [0.05, 0.1) is 5.69 Å². The van der Waals surface area contributed by atoms with Gasteiger partial charge >= 0.3 is 0 Å². The molecule has 1 heterocycles. The maximum absolute atomic E-state index is 14.0. The quantitative estimate of drug-likeness (QED) is 0.797. The van der Waals surface area contributed by atoms with E-state index in [2.05, 4.69) is 5.32 Å². The first-order valence-corrected chi connectivity index (χ1v) is 7.17. The Kier molecular flexibility index (Phi) is 3.40. The molecule has 1 saturated carbocycles. The minimum atomic E-state index is -1.13. The standard InChI is InChI=1S/C15H19F3N2/c1-10-8-19-15(4-2-3-5-15)9-20(10)14-7-12(17)11(16)6-13(14)18/h6-7,10,19H,2-5,8-9H2,1H3. The maximum atomic E-state index is 14.0. The van der Waals surface area contributed by atoms with Crippen molar-refractivity contribution >= 4 is 5.69 Å². The third-order valence-electron chi connectivity index (χ3n) is 4.64. The van der Waals surface area contributed by atoms with E-state index >= 15 is 0 Å². The zero-order chi connectivity index (χ0) is 14.3. The fraction of sp³-hybridized carbons (Fsp3) is 0.600. The van der Waals surface area contributed by atoms with E-state index in [9.17, 15) is 13.2 Å². The highest BCUT2D eigenvalue weighted by Crippen LogP contribution is 2.36. The molecule has 2 aliphatic rings. The molecule has 0 amide bonds. The molecule has 1 atom stereocenters. The first-order chi connectivity index (χ1) is 9.51. The zero-order valence-electron chi connectivity index (χ0n) is 11.6. The molecule has 0 bridgehead atoms. The van der Waals surface area contributed by atoms with Crippen molar-refractivity contribution in [1.82, 2.24) is 5.32 Å². The second kappa shape index (κ2) is 4.95. The number of halogens is 3. The highest BCUT2D eigenvalue weighted by molar-refractivity contribution is 5.50. The Hall–Kier alpha value is -1.23. The molecule has 1 spiro atoms. The number of rotatable bonds is 1. The van der Waals surface area contributed by atoms with Gasteiger partial charge in [0.1, 0.15) is 5.82 Å². The van der Waals surface area contributed by atoms with Crippen molar-refractivity contribution < 1.29 is 13.2 Å². The first-order valence-electron chi connectivity index (χ1n) is 7.17. The fourth-order valence-electron chi connectivity index (χ4n) is 3.45. The van der Waals surface area contributed by atoms with Crippen LogP contribution >= 0.6 is 0 Å². The molecular weight excluding hydrogens is 265 g/mol. The van der Waals surface area contributed by atoms with Crippen LogP contribution in [0.1, 0.15) is 32.6 Å². The van der Waals surface area contributed by atoms with E-state index in [0.29, 0.717) is 12.6 Å². The Bertz CT molecular complexity index is 512. The van der Waals surface area contributed by atoms with Crippen molar-refractivity contribution in [2.45, 2.75) is 44.2 Å². The molecule has 1 aromatic rings. The van der Waals surface area contributed by atoms with Crippen molar-refractivity contribution in [3.05, 3.63) is 29.6 Å². The summed E-state index contributed by atoms with van der Waals surface area (Å²) >= 11 is 0. The molecular formula is C15H19F3N2. The van der Waals surface area contributed by atoms with Gasteiger partial charge in [0, 0.05) is 36.8 Å². The first kappa shape index (κ1) is 13.7. The van der Waals surface area contributed by atoms with Crippen LogP contribution in [0.4, 0.5) is 18.9 Å². The highest BCUT2D eigenvalue weighted by atomic mass is 19.2. The second-order valence-corrected chi connectivity index (χ2v) is 6.06. The summed E-state index contributed by atoms with van der Waals surface area (Å²) < 4.78 is 40.5. The van der Waals surface area contributed by atoms with Gasteiger partial charge in [-0.2, -0.15) is 0 Å². The predicted octanol–water partition coefficient (Wildman–Crippen LogP) is 3.21. The molecule has 3 rings (SSSR count). The Morgan fingerprint density at radius 2 is 1.75 bits per heavy atom. The summed E-state index contributed by atoms with van der Waals surface area (Å²) in [5.41, 5.74) is 0.174. The Labute approximate surface area is 117 Å². The van der Waals surface area contributed by atoms with Crippen LogP contribution in [0.25, 0.3) is 0 Å². The van der Waals surface area contributed by atoms with Crippen molar-refractivity contribution in [3.8, 4) is 0 Å². The molecule has 0 radical (unpaired) electrons. The number of nitrogens with one attached hydrogen (secondary N) is 1. The third kappa shape index (κ3) is 2.28. The van der Waals surface area contributed by atoms with Gasteiger partial charge < -0.3 is 10.2 Å². The molecule has 0 aromatic heterocycles. The highest BCUT2D eigenvalue weighted by Gasteiger charge is 2.40. The van der Waals surface area contributed by atoms with Gasteiger partial charge in [-0.15, -0.1) is 0 Å². The van der Waals surface area contributed by atoms with Crippen LogP contribution in [0, 0.1) is 17.5 Å². The van der Waals surface area contributed by atoms with Crippen molar-refractivity contribution in [2.75, 3.05) is 18.0 Å². The second-order valence-electron chi connectivity index (χ2n) is 6.06. The molecule has 1 saturated heterocycles. The summed E-state index contributed by atoms with van der Waals surface area (Å²) in [6, 6.07) is 1.68. The van der Waals surface area contributed by atoms with Crippen LogP contribution in [0.3, 0.4) is 0 Å². The van der Waals surface area contributed by atoms with Crippen molar-refractivity contribution in [2.24, 2.45) is 0 Å². The predicted molar refractivity (Wildman–Crippen MR) is 72.3 cm³/mol. The van der Waals surface area contributed by atoms with Crippen LogP contribution in [0.5, 0.6) is 0 Å². The summed E-state index contributed by atoms with van der Waals surface area (Å²) in [4.78, 5) is 1.87. The molecule has 2 nitrogen and oxygen atoms in total. The van der Waals surface area contributed by atoms with Gasteiger partial charge in [-0.1, -0.05) is 12.8 Å². The third-order valence-corrected chi connectivity index (χ3v) is 4.64. The molecule has 5 heteroatoms. The van der Waals surface area contributed by atoms with Crippen LogP contribution in [-0.2, 0) is 0 Å². The van der Waals surface area contributed by atoms with Crippen LogP contribution < -0.4 is 10.2 Å². The van der Waals surface area contributed by atoms with Gasteiger partial charge in [-0.25, -0.2) is 13.2 Å². The monoisotopic (exact) mass is 284 g/mol. The number of benzene rings is 1. The number of piperazine rings is 1. The Morgan fingerprint density at radius 1 is 1.10 bits per heavy atom. The molecule has 1 aromatic carbocycles. The summed E-state index contributed by atoms with van der Waals surface area (Å²) in [7, 11) is 0. The Morgan fingerprint density at radius 3 is 2.45 bits per heavy atom. The molecule has 1 N–H and O–H groups in total. The van der Waals surface area contributed by atoms with Crippen molar-refractivity contribution in [1.29, 1.82) is 0 Å². The van der Waals surface area contributed by atoms with E-state index in [0.717, 1.165) is 38.3 Å². The number of nitrogens with zero attached hydrogens (tertiary/aromatic N) is 1. The molecule has 1 aliphatic heterocycles. The lowest BCUT2D eigenvalue weighted by Gasteiger charge is -2.46. The number of hydrogen-bond donors (Lipinski definition) is 1. The van der Waals surface area contributed by atoms with Crippen LogP contribution in [0.2, 0.25) is 0 Å². The largest absolute Gasteiger partial charge is 0.363 e. The molecule has 20 heavy (non-hydrogen) atoms. The Balaban J connectivity index is 1.93. The van der Waals surface area contributed by atoms with E-state index in [1.165, 1.54) is 0 Å². The van der Waals surface area contributed by atoms with E-state index in [-0.39, 0.29) is 17.3 Å². The molecule has 2 fully saturated rings. The SMILES string of the molecule is CC1CNC2(CCCC2)CN1c1cc(F)c(F)cc1F. The van der Waals surface area contributed by atoms with Crippen LogP contribution in [-0.4, -0.2) is 24.7 Å². The van der Waals surface area contributed by atoms with Gasteiger partial charge in [0.2, 0.25) is 0 Å². The molecule has 1 aliphatic carbocycles. The van der Waals surface area contributed by atoms with Gasteiger partial charge in [0.25, 0.3) is 0 Å². The summed E-state index contributed by atoms with van der Waals surface area (Å²) in [6.07, 6.45) is 4.44. The van der Waals surface area contributed by atoms with E-state index in [1.807, 2.05) is 11.8 Å². The number of hydrogen-bond acceptors (Lipinski definition) is 2. The van der Waals surface area contributed by atoms with Crippen molar-refractivity contribution in [3.63, 3.8) is 0 Å². The average molecular weight is 284 g/mol. The van der Waals surface area contributed by atoms with Gasteiger partial charge in [0.15, 0.2) is 11.6 Å². The van der Waals surface area contributed by atoms with E-state index < -0.39 is 17.5 Å². The maximum Gasteiger partial charge on any atom is 0.161 e. The van der Waals surface area contributed by atoms with E-state index in [4.69, 9.17) is 0 Å². The fourth-order valence-corrected chi connectivity index (χ4v) is 3.45. The average Bonchev–Trinajstić information content (AvgIpc) is 2.86. The summed E-state index contributed by atoms with van der Waals surface area (Å²) in [5.74, 6) is -2.82. The smallest absolute Gasteiger partial charge is 0.161 e. The van der Waals surface area contributed by atoms with E-state index in [1.54, 1.807) is 0 Å². The normalized spacial score (nSPS) is 25.4. The minimum absolute atomic E-state index is 0.00378. The van der Waals surface area contributed by atoms with Gasteiger partial charge in [-0.05, 0) is 19.8 Å². The molecule has 1 unspecified atom stereocenters. The minimum Gasteiger partial charge on any atom is -0.363 e. The topological polar surface area (TPSA) is 15.3 Å². The lowest BCUT2D eigenvalue weighted by atomic mass is 9.92. The lowest BCUT2D eigenvalue weighted by molar-refractivity contribution is 0.275. The zero-order valence-corrected chi connectivity index (χ0v) is 11.6. The van der Waals surface area contributed by atoms with Gasteiger partial charge in [-0.3, -0.25) is 0 Å². The summed E-state index contributed by atoms with van der Waals surface area (Å²) in [6.45, 7) is 3.35. The van der Waals surface area contributed by atoms with Crippen LogP contribution in [0.15, 0.2) is 12.1 Å². The number of anilines is 1. The molecule has 110 valence electrons.